The number of hydrogen-bond donors (Lipinski definition) is 2. The predicted molar refractivity (Wildman–Crippen MR) is 97.3 cm³/mol. The van der Waals surface area contributed by atoms with E-state index in [1.165, 1.54) is 6.21 Å². The fourth-order valence-electron chi connectivity index (χ4n) is 1.90. The lowest BCUT2D eigenvalue weighted by atomic mass is 10.2. The molecule has 2 N–H and O–H groups in total. The zero-order valence-electron chi connectivity index (χ0n) is 12.3. The Morgan fingerprint density at radius 1 is 1.17 bits per heavy atom. The molecule has 0 bridgehead atoms. The lowest BCUT2D eigenvalue weighted by Gasteiger charge is -2.08. The maximum absolute atomic E-state index is 12.3. The third-order valence-corrected chi connectivity index (χ3v) is 5.49. The van der Waals surface area contributed by atoms with E-state index in [2.05, 4.69) is 41.8 Å². The molecule has 0 amide bonds. The topological polar surface area (TPSA) is 78.8 Å². The van der Waals surface area contributed by atoms with E-state index >= 15 is 0 Å². The number of sulfonamides is 1. The number of nitrogens with one attached hydrogen (secondary N) is 1. The fourth-order valence-corrected chi connectivity index (χ4v) is 4.28. The Morgan fingerprint density at radius 3 is 2.57 bits per heavy atom. The number of nitrogens with zero attached hydrogens (tertiary/aromatic N) is 1. The monoisotopic (exact) mass is 460 g/mol. The summed E-state index contributed by atoms with van der Waals surface area (Å²) in [5.41, 5.74) is 1.84. The van der Waals surface area contributed by atoms with Gasteiger partial charge in [0.15, 0.2) is 0 Å². The molecule has 0 fully saturated rings. The largest absolute Gasteiger partial charge is 0.506 e. The zero-order chi connectivity index (χ0) is 17.2. The van der Waals surface area contributed by atoms with Crippen molar-refractivity contribution in [1.82, 2.24) is 4.83 Å². The predicted octanol–water partition coefficient (Wildman–Crippen LogP) is 3.85. The third-order valence-electron chi connectivity index (χ3n) is 3.07. The maximum Gasteiger partial charge on any atom is 0.276 e. The normalized spacial score (nSPS) is 11.8. The number of benzene rings is 2. The molecule has 0 aliphatic heterocycles. The van der Waals surface area contributed by atoms with E-state index in [1.807, 2.05) is 13.0 Å². The van der Waals surface area contributed by atoms with E-state index in [9.17, 15) is 13.5 Å². The third kappa shape index (κ3) is 4.33. The van der Waals surface area contributed by atoms with Gasteiger partial charge in [-0.25, -0.2) is 4.83 Å². The Balaban J connectivity index is 2.28. The van der Waals surface area contributed by atoms with E-state index < -0.39 is 10.0 Å². The van der Waals surface area contributed by atoms with Crippen LogP contribution in [0.4, 0.5) is 0 Å². The van der Waals surface area contributed by atoms with Gasteiger partial charge < -0.3 is 5.11 Å². The molecule has 122 valence electrons. The Morgan fingerprint density at radius 2 is 1.87 bits per heavy atom. The zero-order valence-corrected chi connectivity index (χ0v) is 16.3. The van der Waals surface area contributed by atoms with Gasteiger partial charge in [-0.05, 0) is 59.1 Å². The number of halogens is 2. The second-order valence-electron chi connectivity index (χ2n) is 4.95. The van der Waals surface area contributed by atoms with Crippen LogP contribution in [0.1, 0.15) is 16.7 Å². The summed E-state index contributed by atoms with van der Waals surface area (Å²) in [6, 6.07) is 8.46. The van der Waals surface area contributed by atoms with Crippen molar-refractivity contribution in [3.8, 4) is 5.75 Å². The molecule has 2 rings (SSSR count). The SMILES string of the molecule is Cc1ccc(C)c(S(=O)(=O)N/N=C\c2cc(Br)cc(Br)c2O)c1. The van der Waals surface area contributed by atoms with Crippen LogP contribution in [-0.2, 0) is 10.0 Å². The van der Waals surface area contributed by atoms with Crippen LogP contribution in [0.15, 0.2) is 49.3 Å². The second-order valence-corrected chi connectivity index (χ2v) is 8.35. The molecule has 2 aromatic carbocycles. The van der Waals surface area contributed by atoms with Crippen molar-refractivity contribution >= 4 is 48.1 Å². The minimum absolute atomic E-state index is 0.0251. The van der Waals surface area contributed by atoms with E-state index in [0.29, 0.717) is 15.6 Å². The van der Waals surface area contributed by atoms with Crippen LogP contribution >= 0.6 is 31.9 Å². The van der Waals surface area contributed by atoms with Gasteiger partial charge in [-0.2, -0.15) is 13.5 Å². The van der Waals surface area contributed by atoms with Gasteiger partial charge in [-0.15, -0.1) is 0 Å². The molecular weight excluding hydrogens is 448 g/mol. The highest BCUT2D eigenvalue weighted by molar-refractivity contribution is 9.11. The summed E-state index contributed by atoms with van der Waals surface area (Å²) in [6.45, 7) is 3.54. The first-order valence-electron chi connectivity index (χ1n) is 6.51. The lowest BCUT2D eigenvalue weighted by Crippen LogP contribution is -2.19. The molecule has 0 spiro atoms. The average Bonchev–Trinajstić information content (AvgIpc) is 2.46. The first-order chi connectivity index (χ1) is 10.7. The lowest BCUT2D eigenvalue weighted by molar-refractivity contribution is 0.471. The smallest absolute Gasteiger partial charge is 0.276 e. The van der Waals surface area contributed by atoms with Crippen LogP contribution in [0.25, 0.3) is 0 Å². The summed E-state index contributed by atoms with van der Waals surface area (Å²) in [4.78, 5) is 2.33. The van der Waals surface area contributed by atoms with Gasteiger partial charge in [-0.3, -0.25) is 0 Å². The van der Waals surface area contributed by atoms with Crippen molar-refractivity contribution in [2.75, 3.05) is 0 Å². The molecule has 0 heterocycles. The number of phenols is 1. The molecular formula is C15H14Br2N2O3S. The minimum atomic E-state index is -3.77. The second kappa shape index (κ2) is 7.02. The van der Waals surface area contributed by atoms with Crippen molar-refractivity contribution in [2.45, 2.75) is 18.7 Å². The molecule has 0 aliphatic carbocycles. The molecule has 0 unspecified atom stereocenters. The molecule has 0 aromatic heterocycles. The van der Waals surface area contributed by atoms with Gasteiger partial charge in [0.05, 0.1) is 15.6 Å². The molecule has 0 radical (unpaired) electrons. The van der Waals surface area contributed by atoms with Gasteiger partial charge in [0.1, 0.15) is 5.75 Å². The van der Waals surface area contributed by atoms with Crippen molar-refractivity contribution < 1.29 is 13.5 Å². The van der Waals surface area contributed by atoms with Crippen LogP contribution in [0.5, 0.6) is 5.75 Å². The van der Waals surface area contributed by atoms with Gasteiger partial charge in [0.2, 0.25) is 0 Å². The Bertz CT molecular complexity index is 881. The van der Waals surface area contributed by atoms with Crippen molar-refractivity contribution in [1.29, 1.82) is 0 Å². The number of hydrogen-bond acceptors (Lipinski definition) is 4. The average molecular weight is 462 g/mol. The first-order valence-corrected chi connectivity index (χ1v) is 9.58. The minimum Gasteiger partial charge on any atom is -0.506 e. The summed E-state index contributed by atoms with van der Waals surface area (Å²) in [6.07, 6.45) is 1.24. The standard InChI is InChI=1S/C15H14Br2N2O3S/c1-9-3-4-10(2)14(5-9)23(21,22)19-18-8-11-6-12(16)7-13(17)15(11)20/h3-8,19-20H,1-2H3/b18-8-. The fraction of sp³-hybridized carbons (Fsp3) is 0.133. The van der Waals surface area contributed by atoms with E-state index in [0.717, 1.165) is 10.0 Å². The van der Waals surface area contributed by atoms with Crippen LogP contribution in [0, 0.1) is 13.8 Å². The van der Waals surface area contributed by atoms with Crippen molar-refractivity contribution in [3.05, 3.63) is 56.0 Å². The van der Waals surface area contributed by atoms with Crippen LogP contribution in [0.3, 0.4) is 0 Å². The summed E-state index contributed by atoms with van der Waals surface area (Å²) in [5, 5.41) is 13.7. The summed E-state index contributed by atoms with van der Waals surface area (Å²) >= 11 is 6.49. The number of hydrazone groups is 1. The first kappa shape index (κ1) is 18.0. The Hall–Kier alpha value is -1.38. The quantitative estimate of drug-likeness (QED) is 0.536. The van der Waals surface area contributed by atoms with Crippen molar-refractivity contribution in [2.24, 2.45) is 5.10 Å². The van der Waals surface area contributed by atoms with E-state index in [4.69, 9.17) is 0 Å². The van der Waals surface area contributed by atoms with E-state index in [-0.39, 0.29) is 10.6 Å². The molecule has 0 saturated carbocycles. The van der Waals surface area contributed by atoms with Gasteiger partial charge in [0.25, 0.3) is 10.0 Å². The molecule has 8 heteroatoms. The molecule has 0 saturated heterocycles. The van der Waals surface area contributed by atoms with Crippen LogP contribution in [0.2, 0.25) is 0 Å². The highest BCUT2D eigenvalue weighted by atomic mass is 79.9. The van der Waals surface area contributed by atoms with Gasteiger partial charge in [-0.1, -0.05) is 28.1 Å². The summed E-state index contributed by atoms with van der Waals surface area (Å²) in [5.74, 6) is -0.0251. The van der Waals surface area contributed by atoms with Gasteiger partial charge in [0, 0.05) is 10.0 Å². The summed E-state index contributed by atoms with van der Waals surface area (Å²) in [7, 11) is -3.77. The molecule has 5 nitrogen and oxygen atoms in total. The van der Waals surface area contributed by atoms with Crippen LogP contribution in [-0.4, -0.2) is 19.7 Å². The number of phenolic OH excluding ortho intramolecular Hbond substituents is 1. The molecule has 23 heavy (non-hydrogen) atoms. The Labute approximate surface area is 151 Å². The van der Waals surface area contributed by atoms with Crippen LogP contribution < -0.4 is 4.83 Å². The molecule has 2 aromatic rings. The van der Waals surface area contributed by atoms with Crippen molar-refractivity contribution in [3.63, 3.8) is 0 Å². The number of aryl methyl sites for hydroxylation is 2. The van der Waals surface area contributed by atoms with E-state index in [1.54, 1.807) is 31.2 Å². The maximum atomic E-state index is 12.3. The highest BCUT2D eigenvalue weighted by Gasteiger charge is 2.16. The number of rotatable bonds is 4. The summed E-state index contributed by atoms with van der Waals surface area (Å²) < 4.78 is 25.8. The molecule has 0 atom stereocenters. The number of aromatic hydroxyl groups is 1. The van der Waals surface area contributed by atoms with Gasteiger partial charge >= 0.3 is 0 Å². The molecule has 0 aliphatic rings. The highest BCUT2D eigenvalue weighted by Crippen LogP contribution is 2.30. The Kier molecular flexibility index (Phi) is 5.49.